The lowest BCUT2D eigenvalue weighted by Crippen LogP contribution is -2.61. The number of ether oxygens (including phenoxy) is 3. The minimum atomic E-state index is -0.891. The molecular weight excluding hydrogens is 864 g/mol. The summed E-state index contributed by atoms with van der Waals surface area (Å²) in [6.07, 6.45) is 5.47. The van der Waals surface area contributed by atoms with Gasteiger partial charge in [-0.15, -0.1) is 12.4 Å². The third kappa shape index (κ3) is 14.2. The van der Waals surface area contributed by atoms with E-state index in [0.29, 0.717) is 51.0 Å². The SMILES string of the molecule is CC(C)(C)OC(=O)N1CCC(N2C[C@H](C(C)(C)O)OC[C@@H]2Cc2ccc(Br)cc2)CC1.CC(C)(O)[C@H]1CN(C2CCNCC2)[C@@H](Cc2ccc(Br)cc2)CO1.Cl. The zero-order valence-corrected chi connectivity index (χ0v) is 38.5. The highest BCUT2D eigenvalue weighted by molar-refractivity contribution is 9.10. The summed E-state index contributed by atoms with van der Waals surface area (Å²) in [4.78, 5) is 19.4. The van der Waals surface area contributed by atoms with Crippen LogP contribution in [0.3, 0.4) is 0 Å². The number of halogens is 3. The number of hydrogen-bond donors (Lipinski definition) is 3. The largest absolute Gasteiger partial charge is 0.444 e. The fourth-order valence-corrected chi connectivity index (χ4v) is 8.69. The maximum atomic E-state index is 12.4. The van der Waals surface area contributed by atoms with Crippen LogP contribution in [-0.2, 0) is 27.1 Å². The number of amides is 1. The van der Waals surface area contributed by atoms with Crippen LogP contribution >= 0.6 is 44.3 Å². The molecule has 0 radical (unpaired) electrons. The monoisotopic (exact) mass is 928 g/mol. The van der Waals surface area contributed by atoms with Crippen molar-refractivity contribution in [3.8, 4) is 0 Å². The Hall–Kier alpha value is -1.32. The second kappa shape index (κ2) is 20.8. The van der Waals surface area contributed by atoms with E-state index in [0.717, 1.165) is 54.3 Å². The Balaban J connectivity index is 0.000000252. The Morgan fingerprint density at radius 3 is 1.48 bits per heavy atom. The topological polar surface area (TPSA) is 107 Å². The summed E-state index contributed by atoms with van der Waals surface area (Å²) in [6, 6.07) is 18.6. The first-order valence-corrected chi connectivity index (χ1v) is 21.8. The number of aliphatic hydroxyl groups is 2. The number of piperidine rings is 2. The third-order valence-electron chi connectivity index (χ3n) is 11.4. The average Bonchev–Trinajstić information content (AvgIpc) is 3.13. The van der Waals surface area contributed by atoms with Crippen LogP contribution < -0.4 is 5.32 Å². The van der Waals surface area contributed by atoms with Crippen molar-refractivity contribution in [3.63, 3.8) is 0 Å². The van der Waals surface area contributed by atoms with E-state index in [9.17, 15) is 15.0 Å². The molecular formula is C43H67Br2ClN4O6. The normalized spacial score (nSPS) is 25.2. The number of nitrogens with zero attached hydrogens (tertiary/aromatic N) is 3. The van der Waals surface area contributed by atoms with Gasteiger partial charge in [0.25, 0.3) is 0 Å². The maximum absolute atomic E-state index is 12.4. The van der Waals surface area contributed by atoms with Crippen LogP contribution in [0.1, 0.15) is 85.3 Å². The zero-order chi connectivity index (χ0) is 40.0. The molecule has 4 heterocycles. The number of rotatable bonds is 8. The lowest BCUT2D eigenvalue weighted by atomic mass is 9.92. The van der Waals surface area contributed by atoms with Crippen molar-refractivity contribution in [2.45, 2.75) is 140 Å². The molecule has 4 atom stereocenters. The van der Waals surface area contributed by atoms with E-state index in [1.54, 1.807) is 0 Å². The molecule has 0 aliphatic carbocycles. The number of hydrogen-bond acceptors (Lipinski definition) is 9. The molecule has 316 valence electrons. The van der Waals surface area contributed by atoms with Crippen molar-refractivity contribution in [1.82, 2.24) is 20.0 Å². The minimum absolute atomic E-state index is 0. The molecule has 0 saturated carbocycles. The Morgan fingerprint density at radius 2 is 1.11 bits per heavy atom. The number of morpholine rings is 2. The smallest absolute Gasteiger partial charge is 0.410 e. The Bertz CT molecular complexity index is 1490. The number of carbonyl (C=O) groups is 1. The molecule has 4 aliphatic heterocycles. The molecule has 10 nitrogen and oxygen atoms in total. The van der Waals surface area contributed by atoms with Crippen molar-refractivity contribution in [2.75, 3.05) is 52.5 Å². The predicted molar refractivity (Wildman–Crippen MR) is 233 cm³/mol. The minimum Gasteiger partial charge on any atom is -0.444 e. The van der Waals surface area contributed by atoms with Crippen LogP contribution in [0.2, 0.25) is 0 Å². The highest BCUT2D eigenvalue weighted by Gasteiger charge is 2.42. The van der Waals surface area contributed by atoms with Crippen molar-refractivity contribution in [3.05, 3.63) is 68.6 Å². The standard InChI is InChI=1S/C24H37BrN2O4.C19H29BrN2O2.ClH/c1-23(2,3)31-22(28)26-12-10-19(11-13-26)27-15-21(24(4,5)29)30-16-20(27)14-17-6-8-18(25)9-7-17;1-19(2,23)18-12-22(16-7-9-21-10-8-16)17(13-24-18)11-14-3-5-15(20)6-4-14;/h6-9,19-21,29H,10-16H2,1-5H3;3-6,16-18,21,23H,7-13H2,1-2H3;1H/t20-,21+;17-,18+;/m00./s1. The summed E-state index contributed by atoms with van der Waals surface area (Å²) in [6.45, 7) is 19.4. The Labute approximate surface area is 359 Å². The van der Waals surface area contributed by atoms with Gasteiger partial charge in [-0.25, -0.2) is 4.79 Å². The molecule has 2 aromatic carbocycles. The lowest BCUT2D eigenvalue weighted by molar-refractivity contribution is -0.155. The summed E-state index contributed by atoms with van der Waals surface area (Å²) < 4.78 is 19.9. The van der Waals surface area contributed by atoms with E-state index in [1.807, 2.05) is 53.4 Å². The first-order chi connectivity index (χ1) is 25.9. The zero-order valence-electron chi connectivity index (χ0n) is 34.5. The summed E-state index contributed by atoms with van der Waals surface area (Å²) in [5, 5.41) is 24.4. The van der Waals surface area contributed by atoms with E-state index >= 15 is 0 Å². The number of likely N-dealkylation sites (tertiary alicyclic amines) is 1. The highest BCUT2D eigenvalue weighted by Crippen LogP contribution is 2.30. The first kappa shape index (κ1) is 47.4. The van der Waals surface area contributed by atoms with Gasteiger partial charge >= 0.3 is 6.09 Å². The van der Waals surface area contributed by atoms with E-state index in [2.05, 4.69) is 95.5 Å². The van der Waals surface area contributed by atoms with E-state index in [-0.39, 0.29) is 36.8 Å². The number of benzene rings is 2. The van der Waals surface area contributed by atoms with Crippen LogP contribution in [0, 0.1) is 0 Å². The number of carbonyl (C=O) groups excluding carboxylic acids is 1. The molecule has 0 spiro atoms. The van der Waals surface area contributed by atoms with Gasteiger partial charge < -0.3 is 34.6 Å². The van der Waals surface area contributed by atoms with Crippen LogP contribution in [0.4, 0.5) is 4.79 Å². The second-order valence-electron chi connectivity index (χ2n) is 18.0. The van der Waals surface area contributed by atoms with Gasteiger partial charge in [-0.05, 0) is 135 Å². The van der Waals surface area contributed by atoms with Gasteiger partial charge in [0.1, 0.15) is 5.60 Å². The van der Waals surface area contributed by atoms with E-state index < -0.39 is 16.8 Å². The van der Waals surface area contributed by atoms with Gasteiger partial charge in [0.2, 0.25) is 0 Å². The lowest BCUT2D eigenvalue weighted by Gasteiger charge is -2.48. The van der Waals surface area contributed by atoms with E-state index in [1.165, 1.54) is 24.0 Å². The van der Waals surface area contributed by atoms with Gasteiger partial charge in [-0.1, -0.05) is 56.1 Å². The second-order valence-corrected chi connectivity index (χ2v) is 19.8. The van der Waals surface area contributed by atoms with Crippen LogP contribution in [0.25, 0.3) is 0 Å². The van der Waals surface area contributed by atoms with Crippen molar-refractivity contribution < 1.29 is 29.2 Å². The molecule has 4 saturated heterocycles. The summed E-state index contributed by atoms with van der Waals surface area (Å²) in [7, 11) is 0. The van der Waals surface area contributed by atoms with Gasteiger partial charge in [0.15, 0.2) is 0 Å². The van der Waals surface area contributed by atoms with Gasteiger partial charge in [0, 0.05) is 59.3 Å². The first-order valence-electron chi connectivity index (χ1n) is 20.2. The van der Waals surface area contributed by atoms with E-state index in [4.69, 9.17) is 14.2 Å². The predicted octanol–water partition coefficient (Wildman–Crippen LogP) is 7.24. The maximum Gasteiger partial charge on any atom is 0.410 e. The Kier molecular flexibility index (Phi) is 17.6. The fraction of sp³-hybridized carbons (Fsp3) is 0.698. The molecule has 2 aromatic rings. The van der Waals surface area contributed by atoms with Crippen molar-refractivity contribution >= 4 is 50.4 Å². The quantitative estimate of drug-likeness (QED) is 0.253. The third-order valence-corrected chi connectivity index (χ3v) is 12.4. The average molecular weight is 931 g/mol. The fourth-order valence-electron chi connectivity index (χ4n) is 8.16. The summed E-state index contributed by atoms with van der Waals surface area (Å²) >= 11 is 7.01. The van der Waals surface area contributed by atoms with Gasteiger partial charge in [-0.2, -0.15) is 0 Å². The molecule has 0 aromatic heterocycles. The summed E-state index contributed by atoms with van der Waals surface area (Å²) in [5.41, 5.74) is 0.446. The van der Waals surface area contributed by atoms with Gasteiger partial charge in [-0.3, -0.25) is 9.80 Å². The molecule has 6 rings (SSSR count). The Morgan fingerprint density at radius 1 is 0.714 bits per heavy atom. The molecule has 4 aliphatic rings. The molecule has 56 heavy (non-hydrogen) atoms. The molecule has 13 heteroatoms. The molecule has 0 bridgehead atoms. The van der Waals surface area contributed by atoms with Crippen LogP contribution in [0.15, 0.2) is 57.5 Å². The van der Waals surface area contributed by atoms with Gasteiger partial charge in [0.05, 0.1) is 36.6 Å². The molecule has 0 unspecified atom stereocenters. The van der Waals surface area contributed by atoms with Crippen molar-refractivity contribution in [1.29, 1.82) is 0 Å². The van der Waals surface area contributed by atoms with Crippen molar-refractivity contribution in [2.24, 2.45) is 0 Å². The molecule has 4 fully saturated rings. The molecule has 3 N–H and O–H groups in total. The summed E-state index contributed by atoms with van der Waals surface area (Å²) in [5.74, 6) is 0. The van der Waals surface area contributed by atoms with Crippen LogP contribution in [-0.4, -0.2) is 137 Å². The highest BCUT2D eigenvalue weighted by atomic mass is 79.9. The molecule has 1 amide bonds. The number of nitrogens with one attached hydrogen (secondary N) is 1. The van der Waals surface area contributed by atoms with Crippen LogP contribution in [0.5, 0.6) is 0 Å².